The zero-order valence-corrected chi connectivity index (χ0v) is 11.8. The zero-order valence-electron chi connectivity index (χ0n) is 10.9. The van der Waals surface area contributed by atoms with Gasteiger partial charge in [-0.1, -0.05) is 6.07 Å². The van der Waals surface area contributed by atoms with Crippen LogP contribution in [0.15, 0.2) is 23.1 Å². The van der Waals surface area contributed by atoms with Gasteiger partial charge in [0, 0.05) is 20.2 Å². The fraction of sp³-hybridized carbons (Fsp3) is 0.500. The average molecular weight is 272 g/mol. The molecule has 0 radical (unpaired) electrons. The van der Waals surface area contributed by atoms with E-state index in [0.29, 0.717) is 6.54 Å². The number of nitrogens with one attached hydrogen (secondary N) is 1. The summed E-state index contributed by atoms with van der Waals surface area (Å²) >= 11 is 0. The molecule has 0 aliphatic heterocycles. The van der Waals surface area contributed by atoms with E-state index in [1.165, 1.54) is 0 Å². The van der Waals surface area contributed by atoms with Crippen LogP contribution in [0.4, 0.5) is 0 Å². The molecule has 0 aromatic heterocycles. The third-order valence-corrected chi connectivity index (χ3v) is 4.23. The van der Waals surface area contributed by atoms with Crippen LogP contribution >= 0.6 is 0 Å². The molecule has 1 atom stereocenters. The first kappa shape index (κ1) is 15.1. The quantitative estimate of drug-likeness (QED) is 0.801. The number of rotatable bonds is 6. The third kappa shape index (κ3) is 3.78. The molecule has 18 heavy (non-hydrogen) atoms. The van der Waals surface area contributed by atoms with Crippen LogP contribution in [0.1, 0.15) is 18.1 Å². The molecular weight excluding hydrogens is 252 g/mol. The van der Waals surface area contributed by atoms with E-state index < -0.39 is 10.0 Å². The Balaban J connectivity index is 2.88. The van der Waals surface area contributed by atoms with E-state index in [0.717, 1.165) is 11.1 Å². The van der Waals surface area contributed by atoms with Crippen LogP contribution in [0.5, 0.6) is 0 Å². The van der Waals surface area contributed by atoms with Crippen molar-refractivity contribution >= 4 is 10.0 Å². The van der Waals surface area contributed by atoms with Crippen LogP contribution < -0.4 is 10.5 Å². The van der Waals surface area contributed by atoms with Gasteiger partial charge in [0.05, 0.1) is 11.0 Å². The first-order valence-electron chi connectivity index (χ1n) is 5.72. The standard InChI is InChI=1S/C12H20N2O3S/c1-9-6-12(5-4-11(9)7-13)18(15,16)14-8-10(2)17-3/h4-6,10,14H,7-8,13H2,1-3H3. The number of hydrogen-bond acceptors (Lipinski definition) is 4. The Labute approximate surface area is 108 Å². The molecule has 0 bridgehead atoms. The molecule has 5 nitrogen and oxygen atoms in total. The number of sulfonamides is 1. The van der Waals surface area contributed by atoms with Crippen LogP contribution in [0.25, 0.3) is 0 Å². The van der Waals surface area contributed by atoms with Gasteiger partial charge in [-0.2, -0.15) is 0 Å². The summed E-state index contributed by atoms with van der Waals surface area (Å²) in [7, 11) is -1.94. The van der Waals surface area contributed by atoms with Crippen molar-refractivity contribution in [1.29, 1.82) is 0 Å². The van der Waals surface area contributed by atoms with Crippen molar-refractivity contribution in [2.45, 2.75) is 31.4 Å². The maximum Gasteiger partial charge on any atom is 0.240 e. The highest BCUT2D eigenvalue weighted by molar-refractivity contribution is 7.89. The SMILES string of the molecule is COC(C)CNS(=O)(=O)c1ccc(CN)c(C)c1. The van der Waals surface area contributed by atoms with Crippen molar-refractivity contribution in [3.05, 3.63) is 29.3 Å². The normalized spacial score (nSPS) is 13.6. The molecule has 0 fully saturated rings. The Morgan fingerprint density at radius 3 is 2.61 bits per heavy atom. The van der Waals surface area contributed by atoms with Gasteiger partial charge in [0.25, 0.3) is 0 Å². The molecule has 6 heteroatoms. The van der Waals surface area contributed by atoms with Crippen molar-refractivity contribution < 1.29 is 13.2 Å². The van der Waals surface area contributed by atoms with E-state index in [1.807, 2.05) is 6.92 Å². The molecule has 0 aliphatic rings. The Hall–Kier alpha value is -0.950. The molecule has 0 aliphatic carbocycles. The van der Waals surface area contributed by atoms with Crippen molar-refractivity contribution in [3.63, 3.8) is 0 Å². The molecular formula is C12H20N2O3S. The number of methoxy groups -OCH3 is 1. The van der Waals surface area contributed by atoms with E-state index in [2.05, 4.69) is 4.72 Å². The first-order valence-corrected chi connectivity index (χ1v) is 7.21. The van der Waals surface area contributed by atoms with Gasteiger partial charge in [-0.05, 0) is 37.1 Å². The predicted octanol–water partition coefficient (Wildman–Crippen LogP) is 0.767. The van der Waals surface area contributed by atoms with Crippen LogP contribution in [0.3, 0.4) is 0 Å². The van der Waals surface area contributed by atoms with Gasteiger partial charge in [0.15, 0.2) is 0 Å². The lowest BCUT2D eigenvalue weighted by Gasteiger charge is -2.12. The maximum absolute atomic E-state index is 12.0. The van der Waals surface area contributed by atoms with Gasteiger partial charge in [-0.25, -0.2) is 13.1 Å². The molecule has 0 saturated heterocycles. The Bertz CT molecular complexity index is 500. The van der Waals surface area contributed by atoms with Crippen molar-refractivity contribution in [3.8, 4) is 0 Å². The first-order chi connectivity index (χ1) is 8.40. The second-order valence-electron chi connectivity index (χ2n) is 4.19. The Kier molecular flexibility index (Phi) is 5.28. The highest BCUT2D eigenvalue weighted by Gasteiger charge is 2.15. The van der Waals surface area contributed by atoms with Gasteiger partial charge >= 0.3 is 0 Å². The maximum atomic E-state index is 12.0. The number of benzene rings is 1. The van der Waals surface area contributed by atoms with Gasteiger partial charge < -0.3 is 10.5 Å². The van der Waals surface area contributed by atoms with Crippen LogP contribution in [0, 0.1) is 6.92 Å². The molecule has 1 aromatic carbocycles. The van der Waals surface area contributed by atoms with E-state index in [9.17, 15) is 8.42 Å². The Morgan fingerprint density at radius 1 is 1.44 bits per heavy atom. The molecule has 102 valence electrons. The van der Waals surface area contributed by atoms with Crippen molar-refractivity contribution in [2.24, 2.45) is 5.73 Å². The second-order valence-corrected chi connectivity index (χ2v) is 5.96. The Morgan fingerprint density at radius 2 is 2.11 bits per heavy atom. The summed E-state index contributed by atoms with van der Waals surface area (Å²) in [6.45, 7) is 4.29. The highest BCUT2D eigenvalue weighted by Crippen LogP contribution is 2.15. The lowest BCUT2D eigenvalue weighted by atomic mass is 10.1. The molecule has 0 saturated carbocycles. The van der Waals surface area contributed by atoms with Gasteiger partial charge in [-0.3, -0.25) is 0 Å². The molecule has 0 heterocycles. The van der Waals surface area contributed by atoms with Gasteiger partial charge in [0.1, 0.15) is 0 Å². The third-order valence-electron chi connectivity index (χ3n) is 2.81. The van der Waals surface area contributed by atoms with Crippen LogP contribution in [0.2, 0.25) is 0 Å². The highest BCUT2D eigenvalue weighted by atomic mass is 32.2. The summed E-state index contributed by atoms with van der Waals surface area (Å²) in [5.74, 6) is 0. The van der Waals surface area contributed by atoms with E-state index in [1.54, 1.807) is 32.2 Å². The summed E-state index contributed by atoms with van der Waals surface area (Å²) in [5.41, 5.74) is 7.36. The van der Waals surface area contributed by atoms with Gasteiger partial charge in [-0.15, -0.1) is 0 Å². The fourth-order valence-corrected chi connectivity index (χ4v) is 2.66. The lowest BCUT2D eigenvalue weighted by Crippen LogP contribution is -2.31. The number of nitrogens with two attached hydrogens (primary N) is 1. The minimum atomic E-state index is -3.48. The largest absolute Gasteiger partial charge is 0.380 e. The van der Waals surface area contributed by atoms with E-state index in [-0.39, 0.29) is 17.5 Å². The van der Waals surface area contributed by atoms with E-state index in [4.69, 9.17) is 10.5 Å². The smallest absolute Gasteiger partial charge is 0.240 e. The monoisotopic (exact) mass is 272 g/mol. The summed E-state index contributed by atoms with van der Waals surface area (Å²) in [5, 5.41) is 0. The lowest BCUT2D eigenvalue weighted by molar-refractivity contribution is 0.122. The van der Waals surface area contributed by atoms with Crippen molar-refractivity contribution in [1.82, 2.24) is 4.72 Å². The summed E-state index contributed by atoms with van der Waals surface area (Å²) < 4.78 is 31.5. The van der Waals surface area contributed by atoms with Crippen LogP contribution in [-0.4, -0.2) is 28.2 Å². The fourth-order valence-electron chi connectivity index (χ4n) is 1.46. The minimum absolute atomic E-state index is 0.163. The summed E-state index contributed by atoms with van der Waals surface area (Å²) in [6.07, 6.45) is -0.163. The summed E-state index contributed by atoms with van der Waals surface area (Å²) in [6, 6.07) is 4.93. The second kappa shape index (κ2) is 6.29. The van der Waals surface area contributed by atoms with Gasteiger partial charge in [0.2, 0.25) is 10.0 Å². The van der Waals surface area contributed by atoms with Crippen LogP contribution in [-0.2, 0) is 21.3 Å². The molecule has 1 rings (SSSR count). The molecule has 0 spiro atoms. The number of ether oxygens (including phenoxy) is 1. The number of hydrogen-bond donors (Lipinski definition) is 2. The zero-order chi connectivity index (χ0) is 13.8. The van der Waals surface area contributed by atoms with E-state index >= 15 is 0 Å². The molecule has 1 unspecified atom stereocenters. The molecule has 1 aromatic rings. The number of aryl methyl sites for hydroxylation is 1. The average Bonchev–Trinajstić information content (AvgIpc) is 2.35. The predicted molar refractivity (Wildman–Crippen MR) is 70.7 cm³/mol. The van der Waals surface area contributed by atoms with Crippen molar-refractivity contribution in [2.75, 3.05) is 13.7 Å². The minimum Gasteiger partial charge on any atom is -0.380 e. The summed E-state index contributed by atoms with van der Waals surface area (Å²) in [4.78, 5) is 0.250. The molecule has 3 N–H and O–H groups in total. The topological polar surface area (TPSA) is 81.4 Å². The molecule has 0 amide bonds.